The summed E-state index contributed by atoms with van der Waals surface area (Å²) in [5, 5.41) is 2.39. The summed E-state index contributed by atoms with van der Waals surface area (Å²) < 4.78 is 120. The molecule has 0 saturated heterocycles. The number of benzene rings is 1. The van der Waals surface area contributed by atoms with Gasteiger partial charge in [-0.3, -0.25) is 4.57 Å². The van der Waals surface area contributed by atoms with Gasteiger partial charge in [0.2, 0.25) is 11.5 Å². The Kier molecular flexibility index (Phi) is 7.95. The largest absolute Gasteiger partial charge is 0.433 e. The summed E-state index contributed by atoms with van der Waals surface area (Å²) in [6.45, 7) is 4.45. The van der Waals surface area contributed by atoms with E-state index in [2.05, 4.69) is 15.1 Å². The summed E-state index contributed by atoms with van der Waals surface area (Å²) in [6.07, 6.45) is -15.2. The highest BCUT2D eigenvalue weighted by Crippen LogP contribution is 2.43. The van der Waals surface area contributed by atoms with E-state index in [1.54, 1.807) is 6.92 Å². The molecule has 2 rings (SSSR count). The Labute approximate surface area is 191 Å². The Morgan fingerprint density at radius 2 is 1.59 bits per heavy atom. The number of alkyl halides is 9. The third-order valence-corrected chi connectivity index (χ3v) is 4.71. The Bertz CT molecular complexity index is 1150. The molecule has 0 aliphatic rings. The highest BCUT2D eigenvalue weighted by molar-refractivity contribution is 6.33. The van der Waals surface area contributed by atoms with Gasteiger partial charge >= 0.3 is 18.5 Å². The molecule has 1 heterocycles. The molecule has 0 spiro atoms. The normalized spacial score (nSPS) is 14.0. The second kappa shape index (κ2) is 9.84. The fourth-order valence-electron chi connectivity index (χ4n) is 2.45. The van der Waals surface area contributed by atoms with E-state index < -0.39 is 57.6 Å². The van der Waals surface area contributed by atoms with Crippen LogP contribution in [0.1, 0.15) is 44.0 Å². The zero-order chi connectivity index (χ0) is 26.1. The quantitative estimate of drug-likeness (QED) is 0.241. The molecule has 0 radical (unpaired) electrons. The Balaban J connectivity index is 2.94. The molecular formula is C19H16ClF9N4O. The van der Waals surface area contributed by atoms with E-state index in [0.717, 1.165) is 4.57 Å². The van der Waals surface area contributed by atoms with Crippen LogP contribution < -0.4 is 10.5 Å². The van der Waals surface area contributed by atoms with E-state index in [-0.39, 0.29) is 18.7 Å². The van der Waals surface area contributed by atoms with Crippen LogP contribution in [0.4, 0.5) is 45.2 Å². The van der Waals surface area contributed by atoms with Crippen LogP contribution in [0.25, 0.3) is 0 Å². The van der Waals surface area contributed by atoms with E-state index in [9.17, 15) is 39.5 Å². The molecule has 0 N–H and O–H groups in total. The summed E-state index contributed by atoms with van der Waals surface area (Å²) in [6, 6.07) is 0.439. The second-order valence-corrected chi connectivity index (χ2v) is 7.14. The molecule has 0 saturated carbocycles. The average Bonchev–Trinajstić information content (AvgIpc) is 2.70. The van der Waals surface area contributed by atoms with Crippen molar-refractivity contribution in [3.63, 3.8) is 0 Å². The zero-order valence-electron chi connectivity index (χ0n) is 17.6. The Morgan fingerprint density at radius 1 is 0.971 bits per heavy atom. The molecule has 15 heteroatoms. The summed E-state index contributed by atoms with van der Waals surface area (Å²) in [7, 11) is 0. The van der Waals surface area contributed by atoms with Crippen molar-refractivity contribution in [1.82, 2.24) is 9.55 Å². The first-order chi connectivity index (χ1) is 15.5. The van der Waals surface area contributed by atoms with E-state index >= 15 is 0 Å². The van der Waals surface area contributed by atoms with E-state index in [1.807, 2.05) is 0 Å². The standard InChI is InChI=1S/C19H16ClF9N4O/c1-4-9(3)32-34-14-8-13(19(27,28)29)31-16(33(14)5-2)30-12-7-10(17(21,22)23)6-11(15(12)20)18(24,25)26/h6-8H,4-5H2,1-3H3. The van der Waals surface area contributed by atoms with Crippen molar-refractivity contribution in [1.29, 1.82) is 0 Å². The topological polar surface area (TPSA) is 51.8 Å². The maximum Gasteiger partial charge on any atom is 0.433 e. The lowest BCUT2D eigenvalue weighted by molar-refractivity contribution is -0.143. The smallest absolute Gasteiger partial charge is 0.338 e. The number of hydrogen-bond donors (Lipinski definition) is 0. The van der Waals surface area contributed by atoms with Crippen molar-refractivity contribution in [2.24, 2.45) is 10.1 Å². The van der Waals surface area contributed by atoms with Crippen molar-refractivity contribution in [3.05, 3.63) is 45.7 Å². The van der Waals surface area contributed by atoms with E-state index in [0.29, 0.717) is 18.2 Å². The Morgan fingerprint density at radius 3 is 2.06 bits per heavy atom. The predicted octanol–water partition coefficient (Wildman–Crippen LogP) is 7.01. The van der Waals surface area contributed by atoms with Crippen LogP contribution in [0.15, 0.2) is 28.3 Å². The lowest BCUT2D eigenvalue weighted by Gasteiger charge is -2.16. The molecule has 5 nitrogen and oxygen atoms in total. The van der Waals surface area contributed by atoms with Gasteiger partial charge in [-0.05, 0) is 32.4 Å². The molecule has 0 aliphatic heterocycles. The van der Waals surface area contributed by atoms with Gasteiger partial charge in [0.05, 0.1) is 27.5 Å². The highest BCUT2D eigenvalue weighted by atomic mass is 35.5. The summed E-state index contributed by atoms with van der Waals surface area (Å²) in [4.78, 5) is 11.8. The molecule has 2 aromatic rings. The molecule has 0 amide bonds. The number of halogens is 10. The van der Waals surface area contributed by atoms with Crippen LogP contribution in [0, 0.1) is 0 Å². The van der Waals surface area contributed by atoms with Gasteiger partial charge in [-0.15, -0.1) is 0 Å². The van der Waals surface area contributed by atoms with Crippen molar-refractivity contribution in [3.8, 4) is 5.88 Å². The minimum atomic E-state index is -5.30. The maximum atomic E-state index is 13.4. The lowest BCUT2D eigenvalue weighted by Crippen LogP contribution is -2.28. The molecule has 188 valence electrons. The van der Waals surface area contributed by atoms with Gasteiger partial charge in [0, 0.05) is 12.6 Å². The molecule has 34 heavy (non-hydrogen) atoms. The first-order valence-electron chi connectivity index (χ1n) is 9.41. The third kappa shape index (κ3) is 6.42. The van der Waals surface area contributed by atoms with Gasteiger partial charge in [0.15, 0.2) is 5.69 Å². The van der Waals surface area contributed by atoms with Crippen molar-refractivity contribution in [2.45, 2.75) is 52.3 Å². The molecule has 0 aliphatic carbocycles. The fourth-order valence-corrected chi connectivity index (χ4v) is 2.71. The van der Waals surface area contributed by atoms with Gasteiger partial charge in [-0.2, -0.15) is 39.5 Å². The van der Waals surface area contributed by atoms with Crippen LogP contribution >= 0.6 is 11.6 Å². The number of aromatic nitrogens is 2. The number of hydrogen-bond acceptors (Lipinski definition) is 4. The highest BCUT2D eigenvalue weighted by Gasteiger charge is 2.39. The molecule has 0 fully saturated rings. The lowest BCUT2D eigenvalue weighted by atomic mass is 10.1. The monoisotopic (exact) mass is 522 g/mol. The van der Waals surface area contributed by atoms with Gasteiger partial charge in [0.1, 0.15) is 0 Å². The molecule has 0 atom stereocenters. The van der Waals surface area contributed by atoms with Crippen molar-refractivity contribution >= 4 is 23.0 Å². The Hall–Kier alpha value is -2.77. The van der Waals surface area contributed by atoms with Crippen LogP contribution in [0.2, 0.25) is 5.02 Å². The fraction of sp³-hybridized carbons (Fsp3) is 0.421. The molecule has 0 bridgehead atoms. The molecule has 1 aromatic carbocycles. The van der Waals surface area contributed by atoms with Crippen LogP contribution in [-0.2, 0) is 25.1 Å². The van der Waals surface area contributed by atoms with Crippen molar-refractivity contribution < 1.29 is 44.4 Å². The van der Waals surface area contributed by atoms with Gasteiger partial charge in [-0.1, -0.05) is 23.7 Å². The SMILES string of the molecule is CCC(C)=NOc1cc(C(F)(F)F)nc(=Nc2cc(C(F)(F)F)cc(C(F)(F)F)c2Cl)n1CC. The van der Waals surface area contributed by atoms with Crippen LogP contribution in [0.3, 0.4) is 0 Å². The van der Waals surface area contributed by atoms with Crippen LogP contribution in [0.5, 0.6) is 5.88 Å². The average molecular weight is 523 g/mol. The van der Waals surface area contributed by atoms with Gasteiger partial charge in [0.25, 0.3) is 0 Å². The predicted molar refractivity (Wildman–Crippen MR) is 104 cm³/mol. The number of oxime groups is 1. The number of nitrogens with zero attached hydrogens (tertiary/aromatic N) is 4. The summed E-state index contributed by atoms with van der Waals surface area (Å²) in [5.74, 6) is -0.546. The molecule has 1 aromatic heterocycles. The summed E-state index contributed by atoms with van der Waals surface area (Å²) in [5.41, 5.74) is -6.77. The van der Waals surface area contributed by atoms with E-state index in [1.165, 1.54) is 13.8 Å². The minimum absolute atomic E-state index is 0.178. The van der Waals surface area contributed by atoms with Gasteiger partial charge < -0.3 is 4.84 Å². The van der Waals surface area contributed by atoms with E-state index in [4.69, 9.17) is 16.4 Å². The summed E-state index contributed by atoms with van der Waals surface area (Å²) >= 11 is 5.66. The first kappa shape index (κ1) is 27.5. The molecular weight excluding hydrogens is 507 g/mol. The van der Waals surface area contributed by atoms with Gasteiger partial charge in [-0.25, -0.2) is 9.98 Å². The third-order valence-electron chi connectivity index (χ3n) is 4.31. The number of rotatable bonds is 5. The maximum absolute atomic E-state index is 13.4. The van der Waals surface area contributed by atoms with Crippen LogP contribution in [-0.4, -0.2) is 15.3 Å². The zero-order valence-corrected chi connectivity index (χ0v) is 18.4. The minimum Gasteiger partial charge on any atom is -0.338 e. The first-order valence-corrected chi connectivity index (χ1v) is 9.79. The van der Waals surface area contributed by atoms with Crippen molar-refractivity contribution in [2.75, 3.05) is 0 Å². The molecule has 0 unspecified atom stereocenters. The second-order valence-electron chi connectivity index (χ2n) is 6.76.